The van der Waals surface area contributed by atoms with Crippen LogP contribution in [0.25, 0.3) is 11.2 Å². The molecule has 4 N–H and O–H groups in total. The largest absolute Gasteiger partial charge is 0.461 e. The number of aromatic amines is 1. The van der Waals surface area contributed by atoms with Crippen molar-refractivity contribution in [2.45, 2.75) is 63.7 Å². The molecular formula is C31H36N6O7. The monoisotopic (exact) mass is 604 g/mol. The van der Waals surface area contributed by atoms with Crippen LogP contribution in [0, 0.1) is 0 Å². The molecule has 232 valence electrons. The lowest BCUT2D eigenvalue weighted by molar-refractivity contribution is -0.160. The Bertz CT molecular complexity index is 1590. The third-order valence-electron chi connectivity index (χ3n) is 7.41. The second kappa shape index (κ2) is 14.6. The number of alkyl carbamates (subject to hydrolysis) is 1. The summed E-state index contributed by atoms with van der Waals surface area (Å²) >= 11 is 0. The number of hydrogen-bond acceptors (Lipinski definition) is 10. The highest BCUT2D eigenvalue weighted by Gasteiger charge is 2.43. The molecule has 1 aliphatic rings. The maximum atomic E-state index is 13.5. The molecule has 0 aliphatic heterocycles. The minimum atomic E-state index is -1.20. The Morgan fingerprint density at radius 1 is 0.955 bits per heavy atom. The number of esters is 1. The Hall–Kier alpha value is -4.75. The molecule has 1 amide bonds. The lowest BCUT2D eigenvalue weighted by Crippen LogP contribution is -2.56. The summed E-state index contributed by atoms with van der Waals surface area (Å²) in [7, 11) is 0. The maximum Gasteiger partial charge on any atom is 0.408 e. The second-order valence-corrected chi connectivity index (χ2v) is 10.7. The van der Waals surface area contributed by atoms with Crippen molar-refractivity contribution in [1.82, 2.24) is 24.8 Å². The average molecular weight is 605 g/mol. The molecule has 0 spiro atoms. The molecule has 2 aromatic carbocycles. The number of rotatable bonds is 13. The van der Waals surface area contributed by atoms with Gasteiger partial charge in [0.2, 0.25) is 5.95 Å². The average Bonchev–Trinajstić information content (AvgIpc) is 3.45. The topological polar surface area (TPSA) is 173 Å². The van der Waals surface area contributed by atoms with Crippen LogP contribution in [-0.2, 0) is 43.7 Å². The molecule has 2 aromatic heterocycles. The van der Waals surface area contributed by atoms with Crippen molar-refractivity contribution in [3.05, 3.63) is 88.5 Å². The van der Waals surface area contributed by atoms with Crippen LogP contribution < -0.4 is 16.6 Å². The van der Waals surface area contributed by atoms with Gasteiger partial charge in [0.25, 0.3) is 5.56 Å². The molecule has 0 saturated heterocycles. The minimum absolute atomic E-state index is 0.0477. The summed E-state index contributed by atoms with van der Waals surface area (Å²) in [5, 5.41) is 2.80. The van der Waals surface area contributed by atoms with E-state index in [2.05, 4.69) is 20.3 Å². The van der Waals surface area contributed by atoms with Gasteiger partial charge in [-0.15, -0.1) is 0 Å². The Labute approximate surface area is 253 Å². The number of nitrogens with two attached hydrogens (primary N) is 1. The van der Waals surface area contributed by atoms with Gasteiger partial charge in [-0.1, -0.05) is 79.9 Å². The predicted molar refractivity (Wildman–Crippen MR) is 160 cm³/mol. The summed E-state index contributed by atoms with van der Waals surface area (Å²) in [5.74, 6) is -0.604. The Morgan fingerprint density at radius 2 is 1.64 bits per heavy atom. The molecule has 13 nitrogen and oxygen atoms in total. The van der Waals surface area contributed by atoms with Crippen LogP contribution >= 0.6 is 0 Å². The molecule has 1 aliphatic carbocycles. The van der Waals surface area contributed by atoms with E-state index in [1.54, 1.807) is 0 Å². The van der Waals surface area contributed by atoms with E-state index in [-0.39, 0.29) is 43.7 Å². The molecule has 0 bridgehead atoms. The first kappa shape index (κ1) is 30.7. The third-order valence-corrected chi connectivity index (χ3v) is 7.41. The number of fused-ring (bicyclic) bond motifs is 1. The van der Waals surface area contributed by atoms with E-state index in [4.69, 9.17) is 24.7 Å². The molecular weight excluding hydrogens is 568 g/mol. The number of benzene rings is 2. The first-order valence-corrected chi connectivity index (χ1v) is 14.5. The summed E-state index contributed by atoms with van der Waals surface area (Å²) in [6.07, 6.45) is 3.40. The zero-order valence-electron chi connectivity index (χ0n) is 24.3. The second-order valence-electron chi connectivity index (χ2n) is 10.7. The zero-order valence-corrected chi connectivity index (χ0v) is 24.3. The highest BCUT2D eigenvalue weighted by Crippen LogP contribution is 2.30. The number of ether oxygens (including phenoxy) is 4. The van der Waals surface area contributed by atoms with Gasteiger partial charge < -0.3 is 30.0 Å². The number of H-pyrrole nitrogens is 1. The van der Waals surface area contributed by atoms with Gasteiger partial charge in [-0.25, -0.2) is 14.6 Å². The predicted octanol–water partition coefficient (Wildman–Crippen LogP) is 3.43. The molecule has 1 fully saturated rings. The van der Waals surface area contributed by atoms with Crippen molar-refractivity contribution in [3.8, 4) is 0 Å². The molecule has 1 atom stereocenters. The van der Waals surface area contributed by atoms with Gasteiger partial charge in [0.1, 0.15) is 31.6 Å². The van der Waals surface area contributed by atoms with Crippen LogP contribution in [-0.4, -0.2) is 56.4 Å². The number of nitrogens with zero attached hydrogens (tertiary/aromatic N) is 3. The maximum absolute atomic E-state index is 13.5. The molecule has 0 radical (unpaired) electrons. The Morgan fingerprint density at radius 3 is 2.34 bits per heavy atom. The number of amides is 1. The van der Waals surface area contributed by atoms with Crippen LogP contribution in [0.4, 0.5) is 10.7 Å². The quantitative estimate of drug-likeness (QED) is 0.192. The number of imidazole rings is 1. The summed E-state index contributed by atoms with van der Waals surface area (Å²) < 4.78 is 24.7. The fraction of sp³-hybridized carbons (Fsp3) is 0.387. The van der Waals surface area contributed by atoms with Crippen LogP contribution in [0.5, 0.6) is 0 Å². The molecule has 4 aromatic rings. The summed E-state index contributed by atoms with van der Waals surface area (Å²) in [6, 6.07) is 18.9. The fourth-order valence-corrected chi connectivity index (χ4v) is 5.07. The van der Waals surface area contributed by atoms with Gasteiger partial charge in [0.05, 0.1) is 19.5 Å². The molecule has 1 unspecified atom stereocenters. The standard InChI is InChI=1S/C31H36N6O7/c32-29-34-26-25(27(38)35-29)33-20-37(26)21-44-24(18-41-16-22-10-4-1-5-11-22)19-42-28(39)31(14-8-3-9-15-31)36-30(40)43-17-23-12-6-2-7-13-23/h1-2,4-7,10-13,20,24H,3,8-9,14-19,21H2,(H,36,40)(H3,32,34,35,38). The van der Waals surface area contributed by atoms with E-state index >= 15 is 0 Å². The van der Waals surface area contributed by atoms with E-state index < -0.39 is 29.3 Å². The van der Waals surface area contributed by atoms with E-state index in [0.717, 1.165) is 30.4 Å². The van der Waals surface area contributed by atoms with Crippen LogP contribution in [0.1, 0.15) is 43.2 Å². The lowest BCUT2D eigenvalue weighted by atomic mass is 9.82. The van der Waals surface area contributed by atoms with Gasteiger partial charge in [0.15, 0.2) is 11.2 Å². The molecule has 13 heteroatoms. The number of carbonyl (C=O) groups is 2. The summed E-state index contributed by atoms with van der Waals surface area (Å²) in [5.41, 5.74) is 6.24. The van der Waals surface area contributed by atoms with Gasteiger partial charge in [-0.2, -0.15) is 4.98 Å². The van der Waals surface area contributed by atoms with Crippen molar-refractivity contribution in [2.75, 3.05) is 18.9 Å². The van der Waals surface area contributed by atoms with Gasteiger partial charge in [-0.05, 0) is 24.0 Å². The molecule has 2 heterocycles. The van der Waals surface area contributed by atoms with Gasteiger partial charge in [0, 0.05) is 0 Å². The Kier molecular flexibility index (Phi) is 10.2. The van der Waals surface area contributed by atoms with E-state index in [9.17, 15) is 14.4 Å². The minimum Gasteiger partial charge on any atom is -0.461 e. The van der Waals surface area contributed by atoms with E-state index in [1.807, 2.05) is 60.7 Å². The Balaban J connectivity index is 1.23. The number of nitrogens with one attached hydrogen (secondary N) is 2. The highest BCUT2D eigenvalue weighted by atomic mass is 16.6. The number of aromatic nitrogens is 4. The molecule has 5 rings (SSSR count). The van der Waals surface area contributed by atoms with Crippen LogP contribution in [0.3, 0.4) is 0 Å². The fourth-order valence-electron chi connectivity index (χ4n) is 5.07. The normalized spacial score (nSPS) is 15.0. The lowest BCUT2D eigenvalue weighted by Gasteiger charge is -2.35. The van der Waals surface area contributed by atoms with E-state index in [0.29, 0.717) is 19.4 Å². The van der Waals surface area contributed by atoms with Crippen molar-refractivity contribution < 1.29 is 28.5 Å². The van der Waals surface area contributed by atoms with Crippen molar-refractivity contribution >= 4 is 29.2 Å². The third kappa shape index (κ3) is 7.99. The molecule has 44 heavy (non-hydrogen) atoms. The van der Waals surface area contributed by atoms with Crippen molar-refractivity contribution in [3.63, 3.8) is 0 Å². The number of anilines is 1. The van der Waals surface area contributed by atoms with Crippen LogP contribution in [0.2, 0.25) is 0 Å². The number of nitrogen functional groups attached to an aromatic ring is 1. The van der Waals surface area contributed by atoms with Crippen molar-refractivity contribution in [1.29, 1.82) is 0 Å². The van der Waals surface area contributed by atoms with E-state index in [1.165, 1.54) is 10.9 Å². The summed E-state index contributed by atoms with van der Waals surface area (Å²) in [4.78, 5) is 49.1. The summed E-state index contributed by atoms with van der Waals surface area (Å²) in [6.45, 7) is 0.318. The molecule has 1 saturated carbocycles. The number of carbonyl (C=O) groups excluding carboxylic acids is 2. The van der Waals surface area contributed by atoms with Crippen LogP contribution in [0.15, 0.2) is 71.8 Å². The van der Waals surface area contributed by atoms with Crippen molar-refractivity contribution in [2.24, 2.45) is 0 Å². The highest BCUT2D eigenvalue weighted by molar-refractivity contribution is 5.86. The SMILES string of the molecule is Nc1nc2c(ncn2COC(COCc2ccccc2)COC(=O)C2(NC(=O)OCc3ccccc3)CCCCC2)c(=O)[nH]1. The zero-order chi connectivity index (χ0) is 30.8. The number of hydrogen-bond donors (Lipinski definition) is 3. The first-order valence-electron chi connectivity index (χ1n) is 14.5. The first-order chi connectivity index (χ1) is 21.4. The smallest absolute Gasteiger partial charge is 0.408 e. The van der Waals surface area contributed by atoms with Gasteiger partial charge >= 0.3 is 12.1 Å². The van der Waals surface area contributed by atoms with Gasteiger partial charge in [-0.3, -0.25) is 14.3 Å².